The predicted octanol–water partition coefficient (Wildman–Crippen LogP) is 2.73. The highest BCUT2D eigenvalue weighted by atomic mass is 35.5. The zero-order valence-corrected chi connectivity index (χ0v) is 10.3. The first kappa shape index (κ1) is 15.2. The molecule has 0 bridgehead atoms. The van der Waals surface area contributed by atoms with Crippen molar-refractivity contribution < 1.29 is 9.66 Å². The average molecular weight is 259 g/mol. The van der Waals surface area contributed by atoms with Crippen LogP contribution in [0.2, 0.25) is 0 Å². The van der Waals surface area contributed by atoms with E-state index in [2.05, 4.69) is 0 Å². The number of anilines is 1. The van der Waals surface area contributed by atoms with Crippen molar-refractivity contribution >= 4 is 24.2 Å². The van der Waals surface area contributed by atoms with E-state index in [4.69, 9.17) is 10.5 Å². The lowest BCUT2D eigenvalue weighted by molar-refractivity contribution is -0.400. The molecular formula is C11H15ClN2O3. The van der Waals surface area contributed by atoms with E-state index in [-0.39, 0.29) is 12.4 Å². The molecule has 0 radical (unpaired) electrons. The normalized spacial score (nSPS) is 9.94. The number of nitrogens with two attached hydrogens (primary N) is 1. The van der Waals surface area contributed by atoms with Crippen molar-refractivity contribution in [3.05, 3.63) is 40.1 Å². The molecule has 0 heterocycles. The molecule has 5 nitrogen and oxygen atoms in total. The fraction of sp³-hybridized carbons (Fsp3) is 0.273. The summed E-state index contributed by atoms with van der Waals surface area (Å²) in [5, 5.41) is 10.1. The monoisotopic (exact) mass is 258 g/mol. The number of nitrogen functional groups attached to an aromatic ring is 1. The Kier molecular flexibility index (Phi) is 6.74. The number of hydrogen-bond donors (Lipinski definition) is 1. The van der Waals surface area contributed by atoms with Crippen molar-refractivity contribution in [2.75, 3.05) is 12.3 Å². The van der Waals surface area contributed by atoms with Crippen molar-refractivity contribution in [3.63, 3.8) is 0 Å². The van der Waals surface area contributed by atoms with E-state index < -0.39 is 4.92 Å². The molecule has 0 unspecified atom stereocenters. The Hall–Kier alpha value is -1.75. The second-order valence-electron chi connectivity index (χ2n) is 3.25. The average Bonchev–Trinajstić information content (AvgIpc) is 2.25. The first-order chi connectivity index (χ1) is 7.63. The molecule has 0 aliphatic heterocycles. The Bertz CT molecular complexity index is 408. The Balaban J connectivity index is 0.00000256. The van der Waals surface area contributed by atoms with E-state index in [0.717, 1.165) is 12.6 Å². The standard InChI is InChI=1S/C11H14N2O3.ClH/c1-2-7-16-11-4-3-9(8-10(11)12)5-6-13(14)15;/h3-6,8H,2,7,12H2,1H3;1H. The van der Waals surface area contributed by atoms with Crippen LogP contribution in [0.4, 0.5) is 5.69 Å². The second-order valence-corrected chi connectivity index (χ2v) is 3.25. The third-order valence-electron chi connectivity index (χ3n) is 1.88. The summed E-state index contributed by atoms with van der Waals surface area (Å²) >= 11 is 0. The first-order valence-corrected chi connectivity index (χ1v) is 4.97. The number of hydrogen-bond acceptors (Lipinski definition) is 4. The van der Waals surface area contributed by atoms with Gasteiger partial charge in [0.05, 0.1) is 17.2 Å². The van der Waals surface area contributed by atoms with Crippen LogP contribution in [0, 0.1) is 10.1 Å². The minimum absolute atomic E-state index is 0. The molecule has 17 heavy (non-hydrogen) atoms. The molecular weight excluding hydrogens is 244 g/mol. The molecule has 1 aromatic carbocycles. The molecule has 6 heteroatoms. The number of rotatable bonds is 5. The fourth-order valence-corrected chi connectivity index (χ4v) is 1.16. The van der Waals surface area contributed by atoms with Gasteiger partial charge in [0.2, 0.25) is 6.20 Å². The molecule has 0 aromatic heterocycles. The summed E-state index contributed by atoms with van der Waals surface area (Å²) in [5.41, 5.74) is 6.90. The van der Waals surface area contributed by atoms with Crippen molar-refractivity contribution in [3.8, 4) is 5.75 Å². The topological polar surface area (TPSA) is 78.4 Å². The molecule has 0 amide bonds. The van der Waals surface area contributed by atoms with Crippen LogP contribution in [0.3, 0.4) is 0 Å². The minimum Gasteiger partial charge on any atom is -0.491 e. The van der Waals surface area contributed by atoms with E-state index in [0.29, 0.717) is 23.6 Å². The molecule has 0 fully saturated rings. The van der Waals surface area contributed by atoms with Crippen LogP contribution < -0.4 is 10.5 Å². The van der Waals surface area contributed by atoms with E-state index in [9.17, 15) is 10.1 Å². The summed E-state index contributed by atoms with van der Waals surface area (Å²) in [6.07, 6.45) is 3.17. The third-order valence-corrected chi connectivity index (χ3v) is 1.88. The Morgan fingerprint density at radius 1 is 1.53 bits per heavy atom. The van der Waals surface area contributed by atoms with E-state index in [1.165, 1.54) is 6.08 Å². The largest absolute Gasteiger partial charge is 0.491 e. The molecule has 0 saturated carbocycles. The molecule has 0 aliphatic carbocycles. The number of nitrogens with zero attached hydrogens (tertiary/aromatic N) is 1. The zero-order valence-electron chi connectivity index (χ0n) is 9.46. The van der Waals surface area contributed by atoms with Gasteiger partial charge in [-0.2, -0.15) is 0 Å². The summed E-state index contributed by atoms with van der Waals surface area (Å²) in [5.74, 6) is 0.611. The van der Waals surface area contributed by atoms with Crippen LogP contribution in [0.25, 0.3) is 6.08 Å². The van der Waals surface area contributed by atoms with Gasteiger partial charge in [0, 0.05) is 6.08 Å². The van der Waals surface area contributed by atoms with Crippen LogP contribution in [0.5, 0.6) is 5.75 Å². The number of halogens is 1. The predicted molar refractivity (Wildman–Crippen MR) is 69.9 cm³/mol. The smallest absolute Gasteiger partial charge is 0.235 e. The maximum absolute atomic E-state index is 10.1. The highest BCUT2D eigenvalue weighted by Crippen LogP contribution is 2.23. The lowest BCUT2D eigenvalue weighted by atomic mass is 10.2. The van der Waals surface area contributed by atoms with Gasteiger partial charge in [0.1, 0.15) is 5.75 Å². The van der Waals surface area contributed by atoms with Crippen LogP contribution >= 0.6 is 12.4 Å². The molecule has 1 rings (SSSR count). The van der Waals surface area contributed by atoms with Gasteiger partial charge in [-0.05, 0) is 24.1 Å². The van der Waals surface area contributed by atoms with Gasteiger partial charge >= 0.3 is 0 Å². The quantitative estimate of drug-likeness (QED) is 0.500. The maximum Gasteiger partial charge on any atom is 0.235 e. The lowest BCUT2D eigenvalue weighted by Gasteiger charge is -2.07. The van der Waals surface area contributed by atoms with E-state index in [1.807, 2.05) is 6.92 Å². The highest BCUT2D eigenvalue weighted by molar-refractivity contribution is 5.85. The van der Waals surface area contributed by atoms with Gasteiger partial charge in [-0.15, -0.1) is 12.4 Å². The number of benzene rings is 1. The van der Waals surface area contributed by atoms with Gasteiger partial charge in [-0.1, -0.05) is 13.0 Å². The minimum atomic E-state index is -0.516. The van der Waals surface area contributed by atoms with Crippen molar-refractivity contribution in [1.29, 1.82) is 0 Å². The first-order valence-electron chi connectivity index (χ1n) is 4.97. The fourth-order valence-electron chi connectivity index (χ4n) is 1.16. The molecule has 0 spiro atoms. The lowest BCUT2D eigenvalue weighted by Crippen LogP contribution is -1.99. The van der Waals surface area contributed by atoms with Gasteiger partial charge in [-0.3, -0.25) is 10.1 Å². The van der Waals surface area contributed by atoms with Crippen molar-refractivity contribution in [2.45, 2.75) is 13.3 Å². The van der Waals surface area contributed by atoms with Crippen LogP contribution in [-0.4, -0.2) is 11.5 Å². The molecule has 1 aromatic rings. The molecule has 0 atom stereocenters. The van der Waals surface area contributed by atoms with Gasteiger partial charge < -0.3 is 10.5 Å². The summed E-state index contributed by atoms with van der Waals surface area (Å²) in [4.78, 5) is 9.61. The number of nitro groups is 1. The van der Waals surface area contributed by atoms with Gasteiger partial charge in [0.25, 0.3) is 0 Å². The van der Waals surface area contributed by atoms with Crippen LogP contribution in [0.1, 0.15) is 18.9 Å². The van der Waals surface area contributed by atoms with Crippen LogP contribution in [-0.2, 0) is 0 Å². The second kappa shape index (κ2) is 7.51. The summed E-state index contributed by atoms with van der Waals surface area (Å²) in [7, 11) is 0. The van der Waals surface area contributed by atoms with Gasteiger partial charge in [-0.25, -0.2) is 0 Å². The van der Waals surface area contributed by atoms with Crippen molar-refractivity contribution in [2.24, 2.45) is 0 Å². The summed E-state index contributed by atoms with van der Waals surface area (Å²) < 4.78 is 5.38. The Morgan fingerprint density at radius 3 is 2.76 bits per heavy atom. The summed E-state index contributed by atoms with van der Waals surface area (Å²) in [6.45, 7) is 2.61. The molecule has 2 N–H and O–H groups in total. The highest BCUT2D eigenvalue weighted by Gasteiger charge is 2.00. The van der Waals surface area contributed by atoms with Gasteiger partial charge in [0.15, 0.2) is 0 Å². The molecule has 94 valence electrons. The van der Waals surface area contributed by atoms with E-state index in [1.54, 1.807) is 18.2 Å². The SMILES string of the molecule is CCCOc1ccc(C=C[N+](=O)[O-])cc1N.Cl. The van der Waals surface area contributed by atoms with Crippen LogP contribution in [0.15, 0.2) is 24.4 Å². The Morgan fingerprint density at radius 2 is 2.24 bits per heavy atom. The third kappa shape index (κ3) is 5.21. The molecule has 0 aliphatic rings. The zero-order chi connectivity index (χ0) is 12.0. The van der Waals surface area contributed by atoms with Crippen molar-refractivity contribution in [1.82, 2.24) is 0 Å². The van der Waals surface area contributed by atoms with E-state index >= 15 is 0 Å². The maximum atomic E-state index is 10.1. The molecule has 0 saturated heterocycles. The summed E-state index contributed by atoms with van der Waals surface area (Å²) in [6, 6.07) is 5.08. The number of ether oxygens (including phenoxy) is 1. The Labute approximate surface area is 106 Å².